The molecule has 0 aliphatic heterocycles. The fourth-order valence-corrected chi connectivity index (χ4v) is 2.77. The van der Waals surface area contributed by atoms with Gasteiger partial charge < -0.3 is 9.84 Å². The van der Waals surface area contributed by atoms with Crippen LogP contribution in [-0.2, 0) is 0 Å². The molecule has 0 saturated carbocycles. The molecule has 0 aromatic heterocycles. The number of aliphatic hydroxyl groups excluding tert-OH is 1. The van der Waals surface area contributed by atoms with Crippen molar-refractivity contribution in [2.75, 3.05) is 13.2 Å². The number of fused-ring (bicyclic) bond motifs is 1. The van der Waals surface area contributed by atoms with Crippen molar-refractivity contribution >= 4 is 26.7 Å². The Bertz CT molecular complexity index is 554. The van der Waals surface area contributed by atoms with Gasteiger partial charge in [-0.2, -0.15) is 0 Å². The summed E-state index contributed by atoms with van der Waals surface area (Å²) in [5, 5.41) is 11.1. The Kier molecular flexibility index (Phi) is 7.04. The molecule has 2 aromatic carbocycles. The highest BCUT2D eigenvalue weighted by Gasteiger charge is 1.99. The number of halogens is 1. The van der Waals surface area contributed by atoms with Gasteiger partial charge in [-0.3, -0.25) is 0 Å². The third-order valence-electron chi connectivity index (χ3n) is 3.59. The minimum Gasteiger partial charge on any atom is -0.494 e. The Morgan fingerprint density at radius 1 is 0.810 bits per heavy atom. The van der Waals surface area contributed by atoms with Crippen molar-refractivity contribution in [3.63, 3.8) is 0 Å². The van der Waals surface area contributed by atoms with E-state index < -0.39 is 0 Å². The largest absolute Gasteiger partial charge is 0.494 e. The molecule has 0 aliphatic rings. The van der Waals surface area contributed by atoms with E-state index in [9.17, 15) is 0 Å². The van der Waals surface area contributed by atoms with Crippen LogP contribution in [0.5, 0.6) is 5.75 Å². The molecule has 0 aliphatic carbocycles. The maximum Gasteiger partial charge on any atom is 0.119 e. The molecule has 114 valence electrons. The first-order valence-corrected chi connectivity index (χ1v) is 8.52. The van der Waals surface area contributed by atoms with Crippen LogP contribution in [0.4, 0.5) is 0 Å². The zero-order valence-electron chi connectivity index (χ0n) is 12.4. The topological polar surface area (TPSA) is 29.5 Å². The molecule has 3 heteroatoms. The summed E-state index contributed by atoms with van der Waals surface area (Å²) in [5.41, 5.74) is 0. The van der Waals surface area contributed by atoms with E-state index >= 15 is 0 Å². The number of hydrogen-bond donors (Lipinski definition) is 1. The lowest BCUT2D eigenvalue weighted by atomic mass is 10.1. The van der Waals surface area contributed by atoms with Gasteiger partial charge in [-0.25, -0.2) is 0 Å². The van der Waals surface area contributed by atoms with Crippen molar-refractivity contribution in [1.82, 2.24) is 0 Å². The monoisotopic (exact) mass is 350 g/mol. The fourth-order valence-electron chi connectivity index (χ4n) is 2.40. The molecule has 0 atom stereocenters. The third-order valence-corrected chi connectivity index (χ3v) is 4.09. The molecule has 0 bridgehead atoms. The van der Waals surface area contributed by atoms with Gasteiger partial charge in [-0.1, -0.05) is 53.7 Å². The maximum absolute atomic E-state index is 8.70. The van der Waals surface area contributed by atoms with Crippen LogP contribution in [0, 0.1) is 0 Å². The second-order valence-electron chi connectivity index (χ2n) is 5.35. The van der Waals surface area contributed by atoms with E-state index in [1.807, 2.05) is 6.07 Å². The molecule has 2 aromatic rings. The highest BCUT2D eigenvalue weighted by Crippen LogP contribution is 2.24. The van der Waals surface area contributed by atoms with Gasteiger partial charge in [-0.05, 0) is 47.9 Å². The van der Waals surface area contributed by atoms with E-state index in [1.54, 1.807) is 0 Å². The van der Waals surface area contributed by atoms with Crippen molar-refractivity contribution in [3.05, 3.63) is 40.9 Å². The molecular formula is C18H23BrO2. The highest BCUT2D eigenvalue weighted by atomic mass is 79.9. The first-order chi connectivity index (χ1) is 10.3. The standard InChI is InChI=1S/C18H23BrO2/c19-17-9-7-16-14-18(10-8-15(16)13-17)21-12-6-4-2-1-3-5-11-20/h7-10,13-14,20H,1-6,11-12H2. The molecule has 0 saturated heterocycles. The molecule has 1 N–H and O–H groups in total. The molecule has 0 spiro atoms. The molecule has 0 amide bonds. The third kappa shape index (κ3) is 5.68. The normalized spacial score (nSPS) is 11.0. The van der Waals surface area contributed by atoms with Crippen LogP contribution in [0.2, 0.25) is 0 Å². The fraction of sp³-hybridized carbons (Fsp3) is 0.444. The van der Waals surface area contributed by atoms with Gasteiger partial charge in [0, 0.05) is 11.1 Å². The van der Waals surface area contributed by atoms with E-state index in [-0.39, 0.29) is 0 Å². The van der Waals surface area contributed by atoms with Gasteiger partial charge in [0.2, 0.25) is 0 Å². The Hall–Kier alpha value is -1.06. The molecule has 21 heavy (non-hydrogen) atoms. The smallest absolute Gasteiger partial charge is 0.119 e. The number of benzene rings is 2. The van der Waals surface area contributed by atoms with Crippen molar-refractivity contribution in [3.8, 4) is 5.75 Å². The lowest BCUT2D eigenvalue weighted by molar-refractivity contribution is 0.280. The van der Waals surface area contributed by atoms with Crippen molar-refractivity contribution < 1.29 is 9.84 Å². The average molecular weight is 351 g/mol. The van der Waals surface area contributed by atoms with Crippen molar-refractivity contribution in [2.24, 2.45) is 0 Å². The zero-order valence-corrected chi connectivity index (χ0v) is 13.9. The van der Waals surface area contributed by atoms with Crippen LogP contribution in [0.15, 0.2) is 40.9 Å². The Morgan fingerprint density at radius 2 is 1.48 bits per heavy atom. The van der Waals surface area contributed by atoms with Crippen LogP contribution in [0.1, 0.15) is 38.5 Å². The van der Waals surface area contributed by atoms with Crippen molar-refractivity contribution in [1.29, 1.82) is 0 Å². The van der Waals surface area contributed by atoms with Crippen LogP contribution in [-0.4, -0.2) is 18.3 Å². The van der Waals surface area contributed by atoms with E-state index in [0.717, 1.165) is 36.1 Å². The predicted octanol–water partition coefficient (Wildman–Crippen LogP) is 5.31. The number of ether oxygens (including phenoxy) is 1. The van der Waals surface area contributed by atoms with Crippen LogP contribution in [0.25, 0.3) is 10.8 Å². The summed E-state index contributed by atoms with van der Waals surface area (Å²) >= 11 is 3.49. The number of hydrogen-bond acceptors (Lipinski definition) is 2. The summed E-state index contributed by atoms with van der Waals surface area (Å²) in [6.45, 7) is 1.10. The maximum atomic E-state index is 8.70. The lowest BCUT2D eigenvalue weighted by Crippen LogP contribution is -1.97. The van der Waals surface area contributed by atoms with E-state index in [0.29, 0.717) is 6.61 Å². The summed E-state index contributed by atoms with van der Waals surface area (Å²) in [6, 6.07) is 12.5. The van der Waals surface area contributed by atoms with E-state index in [4.69, 9.17) is 9.84 Å². The second kappa shape index (κ2) is 9.06. The molecule has 2 nitrogen and oxygen atoms in total. The number of aliphatic hydroxyl groups is 1. The SMILES string of the molecule is OCCCCCCCCOc1ccc2cc(Br)ccc2c1. The van der Waals surface area contributed by atoms with Gasteiger partial charge >= 0.3 is 0 Å². The average Bonchev–Trinajstić information content (AvgIpc) is 2.50. The molecule has 0 radical (unpaired) electrons. The molecule has 0 fully saturated rings. The quantitative estimate of drug-likeness (QED) is 0.620. The molecule has 0 heterocycles. The number of unbranched alkanes of at least 4 members (excludes halogenated alkanes) is 5. The Balaban J connectivity index is 1.70. The Morgan fingerprint density at radius 3 is 2.29 bits per heavy atom. The minimum atomic E-state index is 0.321. The molecule has 0 unspecified atom stereocenters. The first kappa shape index (κ1) is 16.3. The van der Waals surface area contributed by atoms with Gasteiger partial charge in [0.05, 0.1) is 6.61 Å². The summed E-state index contributed by atoms with van der Waals surface area (Å²) < 4.78 is 6.92. The highest BCUT2D eigenvalue weighted by molar-refractivity contribution is 9.10. The predicted molar refractivity (Wildman–Crippen MR) is 91.9 cm³/mol. The van der Waals surface area contributed by atoms with Crippen molar-refractivity contribution in [2.45, 2.75) is 38.5 Å². The number of rotatable bonds is 9. The summed E-state index contributed by atoms with van der Waals surface area (Å²) in [5.74, 6) is 0.949. The lowest BCUT2D eigenvalue weighted by Gasteiger charge is -2.07. The van der Waals surface area contributed by atoms with E-state index in [2.05, 4.69) is 46.3 Å². The minimum absolute atomic E-state index is 0.321. The summed E-state index contributed by atoms with van der Waals surface area (Å²) in [4.78, 5) is 0. The van der Waals surface area contributed by atoms with E-state index in [1.165, 1.54) is 30.0 Å². The summed E-state index contributed by atoms with van der Waals surface area (Å²) in [7, 11) is 0. The first-order valence-electron chi connectivity index (χ1n) is 7.72. The van der Waals surface area contributed by atoms with Gasteiger partial charge in [-0.15, -0.1) is 0 Å². The summed E-state index contributed by atoms with van der Waals surface area (Å²) in [6.07, 6.45) is 6.81. The molecule has 2 rings (SSSR count). The van der Waals surface area contributed by atoms with Crippen LogP contribution in [0.3, 0.4) is 0 Å². The van der Waals surface area contributed by atoms with Gasteiger partial charge in [0.25, 0.3) is 0 Å². The second-order valence-corrected chi connectivity index (χ2v) is 6.26. The molecular weight excluding hydrogens is 328 g/mol. The van der Waals surface area contributed by atoms with Gasteiger partial charge in [0.1, 0.15) is 5.75 Å². The van der Waals surface area contributed by atoms with Gasteiger partial charge in [0.15, 0.2) is 0 Å². The zero-order chi connectivity index (χ0) is 14.9. The Labute approximate surface area is 135 Å². The van der Waals surface area contributed by atoms with Crippen LogP contribution >= 0.6 is 15.9 Å². The van der Waals surface area contributed by atoms with Crippen LogP contribution < -0.4 is 4.74 Å².